The molecule has 1 saturated heterocycles. The molecule has 0 spiro atoms. The van der Waals surface area contributed by atoms with Gasteiger partial charge < -0.3 is 34.8 Å². The van der Waals surface area contributed by atoms with Crippen molar-refractivity contribution in [2.45, 2.75) is 32.0 Å². The molecule has 1 aromatic carbocycles. The molecule has 32 heavy (non-hydrogen) atoms. The summed E-state index contributed by atoms with van der Waals surface area (Å²) < 4.78 is 39.1. The standard InChI is InChI=1S/C18H18F2N6O6/c1-7(16(21)27)22-8-4-10-12(14-13(8)31-24-32-14)17-23-11(5-25(17)2-3-29-10)26-9(15(19)20)6-30-18(26)28/h4-5,7,9,15,22,24H,2-3,6H2,1H3,(H2,21,27)/t7-,9-/m0/s1. The second-order valence-electron chi connectivity index (χ2n) is 7.32. The van der Waals surface area contributed by atoms with Crippen LogP contribution in [-0.4, -0.2) is 53.3 Å². The monoisotopic (exact) mass is 452 g/mol. The molecule has 170 valence electrons. The Hall–Kier alpha value is -3.81. The number of hydrogen-bond acceptors (Lipinski definition) is 9. The third-order valence-corrected chi connectivity index (χ3v) is 5.31. The third-order valence-electron chi connectivity index (χ3n) is 5.31. The summed E-state index contributed by atoms with van der Waals surface area (Å²) in [7, 11) is 0. The Balaban J connectivity index is 1.61. The van der Waals surface area contributed by atoms with Gasteiger partial charge in [0.25, 0.3) is 6.43 Å². The van der Waals surface area contributed by atoms with E-state index in [4.69, 9.17) is 24.9 Å². The Morgan fingerprint density at radius 3 is 2.88 bits per heavy atom. The Labute approximate surface area is 179 Å². The molecule has 0 bridgehead atoms. The van der Waals surface area contributed by atoms with Crippen LogP contribution in [0.2, 0.25) is 0 Å². The molecule has 0 unspecified atom stereocenters. The molecule has 2 amide bonds. The van der Waals surface area contributed by atoms with Gasteiger partial charge in [-0.05, 0) is 6.92 Å². The normalized spacial score (nSPS) is 19.7. The van der Waals surface area contributed by atoms with Crippen molar-refractivity contribution in [2.24, 2.45) is 5.73 Å². The number of benzene rings is 1. The van der Waals surface area contributed by atoms with Crippen LogP contribution in [-0.2, 0) is 16.1 Å². The molecule has 0 saturated carbocycles. The molecule has 1 fully saturated rings. The number of aromatic nitrogens is 2. The lowest BCUT2D eigenvalue weighted by Gasteiger charge is -2.18. The molecule has 4 heterocycles. The number of ether oxygens (including phenoxy) is 2. The largest absolute Gasteiger partial charge is 0.491 e. The molecule has 12 nitrogen and oxygen atoms in total. The Bertz CT molecular complexity index is 1110. The fourth-order valence-electron chi connectivity index (χ4n) is 3.68. The highest BCUT2D eigenvalue weighted by Crippen LogP contribution is 2.51. The van der Waals surface area contributed by atoms with Gasteiger partial charge in [0, 0.05) is 17.9 Å². The second kappa shape index (κ2) is 7.40. The fraction of sp³-hybridized carbons (Fsp3) is 0.389. The zero-order valence-corrected chi connectivity index (χ0v) is 16.6. The minimum absolute atomic E-state index is 0.0193. The van der Waals surface area contributed by atoms with E-state index in [1.165, 1.54) is 6.20 Å². The highest BCUT2D eigenvalue weighted by atomic mass is 19.3. The van der Waals surface area contributed by atoms with E-state index < -0.39 is 37.1 Å². The van der Waals surface area contributed by atoms with E-state index in [1.54, 1.807) is 17.6 Å². The summed E-state index contributed by atoms with van der Waals surface area (Å²) in [6.45, 7) is 1.69. The Morgan fingerprint density at radius 2 is 2.12 bits per heavy atom. The SMILES string of the molecule is C[C@H](Nc1cc2c(c3c1ONO3)-c1nc(N3C(=O)OC[C@H]3C(F)F)cn1CCO2)C(N)=O. The topological polar surface area (TPSA) is 142 Å². The maximum Gasteiger partial charge on any atom is 0.416 e. The number of cyclic esters (lactones) is 1. The number of imidazole rings is 1. The highest BCUT2D eigenvalue weighted by molar-refractivity contribution is 5.91. The van der Waals surface area contributed by atoms with Crippen molar-refractivity contribution < 1.29 is 37.5 Å². The molecule has 5 rings (SSSR count). The molecule has 0 radical (unpaired) electrons. The van der Waals surface area contributed by atoms with Gasteiger partial charge in [0.15, 0.2) is 5.82 Å². The number of nitrogens with two attached hydrogens (primary N) is 1. The van der Waals surface area contributed by atoms with Gasteiger partial charge in [0.05, 0.1) is 12.2 Å². The van der Waals surface area contributed by atoms with E-state index in [0.29, 0.717) is 29.4 Å². The quantitative estimate of drug-likeness (QED) is 0.606. The summed E-state index contributed by atoms with van der Waals surface area (Å²) >= 11 is 0. The smallest absolute Gasteiger partial charge is 0.416 e. The van der Waals surface area contributed by atoms with Crippen molar-refractivity contribution in [1.29, 1.82) is 0 Å². The van der Waals surface area contributed by atoms with E-state index in [0.717, 1.165) is 4.90 Å². The molecule has 14 heteroatoms. The Morgan fingerprint density at radius 1 is 1.34 bits per heavy atom. The van der Waals surface area contributed by atoms with Crippen LogP contribution in [0.4, 0.5) is 25.1 Å². The summed E-state index contributed by atoms with van der Waals surface area (Å²) in [5.74, 6) is 0.540. The van der Waals surface area contributed by atoms with Crippen molar-refractivity contribution in [3.63, 3.8) is 0 Å². The number of hydrogen-bond donors (Lipinski definition) is 3. The first-order chi connectivity index (χ1) is 15.3. The van der Waals surface area contributed by atoms with Gasteiger partial charge in [-0.25, -0.2) is 23.5 Å². The first kappa shape index (κ1) is 20.1. The molecule has 2 atom stereocenters. The maximum atomic E-state index is 13.4. The number of nitrogens with one attached hydrogen (secondary N) is 2. The summed E-state index contributed by atoms with van der Waals surface area (Å²) in [5.41, 5.74) is 8.39. The number of rotatable bonds is 5. The van der Waals surface area contributed by atoms with Crippen molar-refractivity contribution in [1.82, 2.24) is 15.2 Å². The molecular formula is C18H18F2N6O6. The first-order valence-corrected chi connectivity index (χ1v) is 9.65. The van der Waals surface area contributed by atoms with E-state index in [1.807, 2.05) is 0 Å². The summed E-state index contributed by atoms with van der Waals surface area (Å²) in [6.07, 6.45) is -2.22. The molecule has 0 aliphatic carbocycles. The van der Waals surface area contributed by atoms with Gasteiger partial charge in [-0.2, -0.15) is 0 Å². The number of anilines is 2. The zero-order chi connectivity index (χ0) is 22.6. The van der Waals surface area contributed by atoms with E-state index in [2.05, 4.69) is 15.9 Å². The Kier molecular flexibility index (Phi) is 4.65. The number of fused-ring (bicyclic) bond motifs is 5. The number of nitrogens with zero attached hydrogens (tertiary/aromatic N) is 3. The molecule has 3 aliphatic rings. The van der Waals surface area contributed by atoms with Crippen molar-refractivity contribution >= 4 is 23.5 Å². The number of amides is 2. The van der Waals surface area contributed by atoms with Gasteiger partial charge in [-0.3, -0.25) is 4.79 Å². The predicted molar refractivity (Wildman–Crippen MR) is 103 cm³/mol. The van der Waals surface area contributed by atoms with Crippen molar-refractivity contribution in [3.05, 3.63) is 12.3 Å². The van der Waals surface area contributed by atoms with Crippen LogP contribution in [0.25, 0.3) is 11.4 Å². The van der Waals surface area contributed by atoms with Crippen LogP contribution in [0.15, 0.2) is 12.3 Å². The van der Waals surface area contributed by atoms with Crippen LogP contribution < -0.4 is 36.0 Å². The first-order valence-electron chi connectivity index (χ1n) is 9.65. The van der Waals surface area contributed by atoms with Gasteiger partial charge in [0.1, 0.15) is 42.4 Å². The van der Waals surface area contributed by atoms with Crippen LogP contribution >= 0.6 is 0 Å². The molecule has 3 aliphatic heterocycles. The lowest BCUT2D eigenvalue weighted by atomic mass is 10.1. The molecule has 1 aromatic heterocycles. The van der Waals surface area contributed by atoms with Crippen LogP contribution in [0.5, 0.6) is 17.2 Å². The zero-order valence-electron chi connectivity index (χ0n) is 16.6. The van der Waals surface area contributed by atoms with Crippen LogP contribution in [0, 0.1) is 0 Å². The molecule has 2 aromatic rings. The third kappa shape index (κ3) is 3.10. The highest BCUT2D eigenvalue weighted by Gasteiger charge is 2.42. The molecular weight excluding hydrogens is 434 g/mol. The number of alkyl halides is 2. The van der Waals surface area contributed by atoms with Gasteiger partial charge in [-0.15, -0.1) is 0 Å². The number of halogens is 2. The number of carbonyl (C=O) groups excluding carboxylic acids is 2. The second-order valence-corrected chi connectivity index (χ2v) is 7.32. The maximum absolute atomic E-state index is 13.4. The van der Waals surface area contributed by atoms with Gasteiger partial charge in [0.2, 0.25) is 17.4 Å². The molecule has 4 N–H and O–H groups in total. The van der Waals surface area contributed by atoms with Gasteiger partial charge in [-0.1, -0.05) is 0 Å². The minimum Gasteiger partial charge on any atom is -0.491 e. The van der Waals surface area contributed by atoms with Crippen molar-refractivity contribution in [2.75, 3.05) is 23.4 Å². The minimum atomic E-state index is -2.80. The summed E-state index contributed by atoms with van der Waals surface area (Å²) in [6, 6.07) is -0.556. The average molecular weight is 452 g/mol. The fourth-order valence-corrected chi connectivity index (χ4v) is 3.68. The van der Waals surface area contributed by atoms with Gasteiger partial charge >= 0.3 is 6.09 Å². The lowest BCUT2D eigenvalue weighted by molar-refractivity contribution is -0.118. The van der Waals surface area contributed by atoms with Crippen molar-refractivity contribution in [3.8, 4) is 28.6 Å². The number of primary amides is 1. The van der Waals surface area contributed by atoms with Crippen LogP contribution in [0.1, 0.15) is 6.92 Å². The number of carbonyl (C=O) groups is 2. The summed E-state index contributed by atoms with van der Waals surface area (Å²) in [5, 5.41) is 2.93. The van der Waals surface area contributed by atoms with E-state index in [9.17, 15) is 18.4 Å². The lowest BCUT2D eigenvalue weighted by Crippen LogP contribution is -2.38. The van der Waals surface area contributed by atoms with Crippen LogP contribution in [0.3, 0.4) is 0 Å². The predicted octanol–water partition coefficient (Wildman–Crippen LogP) is 1.01. The summed E-state index contributed by atoms with van der Waals surface area (Å²) in [4.78, 5) is 39.6. The van der Waals surface area contributed by atoms with E-state index in [-0.39, 0.29) is 23.9 Å². The average Bonchev–Trinajstić information content (AvgIpc) is 3.45. The van der Waals surface area contributed by atoms with E-state index >= 15 is 0 Å².